The van der Waals surface area contributed by atoms with Crippen molar-refractivity contribution in [2.45, 2.75) is 69.2 Å². The highest BCUT2D eigenvalue weighted by molar-refractivity contribution is 5.83. The van der Waals surface area contributed by atoms with Gasteiger partial charge in [-0.25, -0.2) is 0 Å². The highest BCUT2D eigenvalue weighted by Gasteiger charge is 2.45. The van der Waals surface area contributed by atoms with Crippen LogP contribution in [-0.4, -0.2) is 31.7 Å². The Morgan fingerprint density at radius 3 is 2.56 bits per heavy atom. The number of fused-ring (bicyclic) bond motifs is 1. The molecule has 25 heavy (non-hydrogen) atoms. The normalized spacial score (nSPS) is 31.3. The fraction of sp³-hybridized carbons (Fsp3) is 0.682. The maximum atomic E-state index is 13.1. The van der Waals surface area contributed by atoms with Crippen LogP contribution >= 0.6 is 0 Å². The van der Waals surface area contributed by atoms with Crippen LogP contribution in [0, 0.1) is 5.92 Å². The minimum Gasteiger partial charge on any atom is -0.464 e. The first-order chi connectivity index (χ1) is 12.3. The molecule has 2 aliphatic heterocycles. The average molecular weight is 343 g/mol. The molecule has 0 aromatic heterocycles. The summed E-state index contributed by atoms with van der Waals surface area (Å²) in [6, 6.07) is 11.1. The Kier molecular flexibility index (Phi) is 5.12. The number of carbonyl (C=O) groups is 1. The molecular weight excluding hydrogens is 310 g/mol. The van der Waals surface area contributed by atoms with Crippen LogP contribution in [0.1, 0.15) is 63.4 Å². The molecule has 0 spiro atoms. The van der Waals surface area contributed by atoms with Gasteiger partial charge in [0.1, 0.15) is 0 Å². The molecule has 2 saturated heterocycles. The van der Waals surface area contributed by atoms with E-state index >= 15 is 0 Å². The Bertz CT molecular complexity index is 577. The molecule has 0 amide bonds. The van der Waals surface area contributed by atoms with Gasteiger partial charge < -0.3 is 9.64 Å². The number of benzene rings is 1. The van der Waals surface area contributed by atoms with E-state index in [-0.39, 0.29) is 11.4 Å². The molecule has 136 valence electrons. The lowest BCUT2D eigenvalue weighted by atomic mass is 9.79. The van der Waals surface area contributed by atoms with Crippen LogP contribution in [0.4, 0.5) is 0 Å². The van der Waals surface area contributed by atoms with Crippen molar-refractivity contribution >= 4 is 5.97 Å². The smallest absolute Gasteiger partial charge is 0.316 e. The summed E-state index contributed by atoms with van der Waals surface area (Å²) in [4.78, 5) is 14.9. The number of piperidine rings is 2. The van der Waals surface area contributed by atoms with E-state index in [0.717, 1.165) is 37.3 Å². The van der Waals surface area contributed by atoms with Crippen molar-refractivity contribution < 1.29 is 14.4 Å². The van der Waals surface area contributed by atoms with Gasteiger partial charge in [-0.15, -0.1) is 0 Å². The third-order valence-corrected chi connectivity index (χ3v) is 7.03. The largest absolute Gasteiger partial charge is 0.464 e. The Morgan fingerprint density at radius 2 is 1.76 bits per heavy atom. The molecule has 4 rings (SSSR count). The summed E-state index contributed by atoms with van der Waals surface area (Å²) in [5.74, 6) is 0.612. The molecule has 1 N–H and O–H groups in total. The zero-order valence-corrected chi connectivity index (χ0v) is 15.3. The Labute approximate surface area is 151 Å². The van der Waals surface area contributed by atoms with Gasteiger partial charge in [-0.1, -0.05) is 43.2 Å². The molecule has 3 aliphatic rings. The number of nitrogens with one attached hydrogen (secondary N) is 1. The van der Waals surface area contributed by atoms with E-state index in [9.17, 15) is 4.79 Å². The van der Waals surface area contributed by atoms with Crippen LogP contribution in [0.5, 0.6) is 0 Å². The molecule has 1 saturated carbocycles. The predicted octanol–water partition coefficient (Wildman–Crippen LogP) is 2.89. The third-order valence-electron chi connectivity index (χ3n) is 7.03. The van der Waals surface area contributed by atoms with Gasteiger partial charge in [-0.3, -0.25) is 4.79 Å². The topological polar surface area (TPSA) is 30.7 Å². The number of rotatable bonds is 4. The summed E-state index contributed by atoms with van der Waals surface area (Å²) in [5, 5.41) is 0. The highest BCUT2D eigenvalue weighted by Crippen LogP contribution is 2.42. The van der Waals surface area contributed by atoms with Crippen molar-refractivity contribution in [1.82, 2.24) is 0 Å². The Balaban J connectivity index is 1.44. The third kappa shape index (κ3) is 3.36. The van der Waals surface area contributed by atoms with E-state index in [1.54, 1.807) is 4.90 Å². The second-order valence-corrected chi connectivity index (χ2v) is 8.42. The fourth-order valence-electron chi connectivity index (χ4n) is 5.64. The highest BCUT2D eigenvalue weighted by atomic mass is 16.5. The average Bonchev–Trinajstić information content (AvgIpc) is 3.18. The van der Waals surface area contributed by atoms with Crippen molar-refractivity contribution in [3.8, 4) is 0 Å². The van der Waals surface area contributed by atoms with Gasteiger partial charge >= 0.3 is 5.97 Å². The summed E-state index contributed by atoms with van der Waals surface area (Å²) in [6.45, 7) is 3.29. The fourth-order valence-corrected chi connectivity index (χ4v) is 5.64. The van der Waals surface area contributed by atoms with Gasteiger partial charge in [-0.2, -0.15) is 0 Å². The number of hydrogen-bond acceptors (Lipinski definition) is 2. The lowest BCUT2D eigenvalue weighted by Crippen LogP contribution is -3.18. The minimum absolute atomic E-state index is 0.0409. The lowest BCUT2D eigenvalue weighted by molar-refractivity contribution is -0.940. The van der Waals surface area contributed by atoms with Crippen molar-refractivity contribution in [3.05, 3.63) is 35.9 Å². The van der Waals surface area contributed by atoms with Gasteiger partial charge in [0.2, 0.25) is 0 Å². The second-order valence-electron chi connectivity index (χ2n) is 8.42. The van der Waals surface area contributed by atoms with Crippen molar-refractivity contribution in [3.63, 3.8) is 0 Å². The number of hydrogen-bond donors (Lipinski definition) is 1. The molecule has 1 aliphatic carbocycles. The van der Waals surface area contributed by atoms with Crippen molar-refractivity contribution in [2.75, 3.05) is 19.7 Å². The van der Waals surface area contributed by atoms with Gasteiger partial charge in [0.25, 0.3) is 0 Å². The van der Waals surface area contributed by atoms with E-state index in [4.69, 9.17) is 4.74 Å². The molecule has 1 aromatic rings. The molecule has 1 unspecified atom stereocenters. The molecule has 3 nitrogen and oxygen atoms in total. The summed E-state index contributed by atoms with van der Waals surface area (Å²) < 4.78 is 6.02. The monoisotopic (exact) mass is 342 g/mol. The minimum atomic E-state index is -0.380. The standard InChI is InChI=1S/C22H31NO2/c24-21(22(13-5-6-14-22)19-10-2-1-3-11-19)25-17-18-9-8-16-23-15-7-4-12-20(18)23/h1-3,10-11,18,20H,4-9,12-17H2/p+1/t18-,20+/m0/s1. The molecule has 2 heterocycles. The summed E-state index contributed by atoms with van der Waals surface area (Å²) in [6.07, 6.45) is 10.7. The molecule has 3 atom stereocenters. The number of quaternary nitrogens is 1. The van der Waals surface area contributed by atoms with Gasteiger partial charge in [-0.05, 0) is 50.5 Å². The van der Waals surface area contributed by atoms with Crippen LogP contribution in [0.15, 0.2) is 30.3 Å². The zero-order chi connectivity index (χ0) is 17.1. The SMILES string of the molecule is O=C(OC[C@@H]1CCC[NH+]2CCCC[C@H]12)C1(c2ccccc2)CCCC1. The van der Waals surface area contributed by atoms with E-state index in [0.29, 0.717) is 12.5 Å². The van der Waals surface area contributed by atoms with E-state index < -0.39 is 0 Å². The van der Waals surface area contributed by atoms with Crippen LogP contribution in [-0.2, 0) is 14.9 Å². The van der Waals surface area contributed by atoms with Gasteiger partial charge in [0, 0.05) is 5.92 Å². The molecule has 1 aromatic carbocycles. The van der Waals surface area contributed by atoms with E-state index in [1.165, 1.54) is 45.2 Å². The van der Waals surface area contributed by atoms with Gasteiger partial charge in [0.05, 0.1) is 31.2 Å². The van der Waals surface area contributed by atoms with Crippen LogP contribution < -0.4 is 4.90 Å². The van der Waals surface area contributed by atoms with Crippen molar-refractivity contribution in [1.29, 1.82) is 0 Å². The quantitative estimate of drug-likeness (QED) is 0.853. The second kappa shape index (κ2) is 7.49. The number of esters is 1. The lowest BCUT2D eigenvalue weighted by Gasteiger charge is -2.41. The molecule has 3 fully saturated rings. The summed E-state index contributed by atoms with van der Waals surface area (Å²) in [7, 11) is 0. The van der Waals surface area contributed by atoms with Gasteiger partial charge in [0.15, 0.2) is 0 Å². The van der Waals surface area contributed by atoms with E-state index in [1.807, 2.05) is 18.2 Å². The first kappa shape index (κ1) is 17.1. The first-order valence-corrected chi connectivity index (χ1v) is 10.4. The first-order valence-electron chi connectivity index (χ1n) is 10.4. The molecule has 3 heteroatoms. The molecular formula is C22H32NO2+. The maximum absolute atomic E-state index is 13.1. The maximum Gasteiger partial charge on any atom is 0.316 e. The summed E-state index contributed by atoms with van der Waals surface area (Å²) >= 11 is 0. The molecule has 0 radical (unpaired) electrons. The van der Waals surface area contributed by atoms with Crippen LogP contribution in [0.3, 0.4) is 0 Å². The number of ether oxygens (including phenoxy) is 1. The van der Waals surface area contributed by atoms with E-state index in [2.05, 4.69) is 12.1 Å². The number of carbonyl (C=O) groups excluding carboxylic acids is 1. The molecule has 0 bridgehead atoms. The summed E-state index contributed by atoms with van der Waals surface area (Å²) in [5.41, 5.74) is 0.778. The van der Waals surface area contributed by atoms with Crippen LogP contribution in [0.2, 0.25) is 0 Å². The van der Waals surface area contributed by atoms with Crippen LogP contribution in [0.25, 0.3) is 0 Å². The Morgan fingerprint density at radius 1 is 1.00 bits per heavy atom. The van der Waals surface area contributed by atoms with Crippen molar-refractivity contribution in [2.24, 2.45) is 5.92 Å². The zero-order valence-electron chi connectivity index (χ0n) is 15.3. The predicted molar refractivity (Wildman–Crippen MR) is 98.6 cm³/mol. The Hall–Kier alpha value is -1.35.